The van der Waals surface area contributed by atoms with E-state index in [2.05, 4.69) is 15.5 Å². The van der Waals surface area contributed by atoms with Crippen LogP contribution in [-0.4, -0.2) is 67.3 Å². The summed E-state index contributed by atoms with van der Waals surface area (Å²) >= 11 is 0. The number of morpholine rings is 1. The van der Waals surface area contributed by atoms with Crippen molar-refractivity contribution in [3.8, 4) is 0 Å². The second-order valence-electron chi connectivity index (χ2n) is 10.2. The average Bonchev–Trinajstić information content (AvgIpc) is 2.95. The molecule has 0 aliphatic carbocycles. The Morgan fingerprint density at radius 3 is 2.36 bits per heavy atom. The molecule has 2 heterocycles. The fraction of sp³-hybridized carbons (Fsp3) is 0.533. The van der Waals surface area contributed by atoms with Gasteiger partial charge in [-0.1, -0.05) is 42.8 Å². The van der Waals surface area contributed by atoms with Gasteiger partial charge in [-0.05, 0) is 36.1 Å². The van der Waals surface area contributed by atoms with Gasteiger partial charge in [-0.3, -0.25) is 14.5 Å². The Bertz CT molecular complexity index is 1040. The van der Waals surface area contributed by atoms with E-state index < -0.39 is 6.29 Å². The van der Waals surface area contributed by atoms with Crippen LogP contribution in [0.2, 0.25) is 0 Å². The fourth-order valence-corrected chi connectivity index (χ4v) is 4.90. The Hall–Kier alpha value is -2.82. The van der Waals surface area contributed by atoms with Gasteiger partial charge in [0.2, 0.25) is 11.8 Å². The van der Waals surface area contributed by atoms with Crippen LogP contribution < -0.4 is 10.6 Å². The fourth-order valence-electron chi connectivity index (χ4n) is 4.90. The van der Waals surface area contributed by atoms with Crippen LogP contribution in [0.15, 0.2) is 48.5 Å². The zero-order valence-electron chi connectivity index (χ0n) is 22.8. The van der Waals surface area contributed by atoms with E-state index >= 15 is 0 Å². The Labute approximate surface area is 230 Å². The minimum absolute atomic E-state index is 0.00519. The van der Waals surface area contributed by atoms with Crippen molar-refractivity contribution in [1.82, 2.24) is 10.2 Å². The summed E-state index contributed by atoms with van der Waals surface area (Å²) in [6.07, 6.45) is 3.05. The molecule has 2 amide bonds. The third kappa shape index (κ3) is 9.40. The van der Waals surface area contributed by atoms with Gasteiger partial charge in [-0.25, -0.2) is 0 Å². The second-order valence-corrected chi connectivity index (χ2v) is 10.2. The lowest BCUT2D eigenvalue weighted by atomic mass is 9.99. The lowest BCUT2D eigenvalue weighted by molar-refractivity contribution is -0.253. The minimum atomic E-state index is -0.527. The third-order valence-electron chi connectivity index (χ3n) is 7.10. The standard InChI is InChI=1S/C30H41N3O6/c1-22(35)31-14-4-2-3-5-29(36)32-26-12-10-25(11-13-26)30-38-27(20-33-15-17-37-18-16-33)19-28(39-30)24-8-6-23(21-34)7-9-24/h6-13,27-28,30,34H,2-5,14-21H2,1H3,(H,31,35)(H,32,36)/t27-,28+,30+/m1/s1. The van der Waals surface area contributed by atoms with Crippen LogP contribution in [0.25, 0.3) is 0 Å². The highest BCUT2D eigenvalue weighted by Gasteiger charge is 2.33. The maximum Gasteiger partial charge on any atom is 0.224 e. The average molecular weight is 540 g/mol. The lowest BCUT2D eigenvalue weighted by Gasteiger charge is -2.39. The van der Waals surface area contributed by atoms with Crippen LogP contribution in [0.4, 0.5) is 5.69 Å². The molecule has 0 unspecified atom stereocenters. The highest BCUT2D eigenvalue weighted by molar-refractivity contribution is 5.90. The molecule has 0 aromatic heterocycles. The van der Waals surface area contributed by atoms with Crippen molar-refractivity contribution in [3.63, 3.8) is 0 Å². The number of carbonyl (C=O) groups is 2. The van der Waals surface area contributed by atoms with Crippen LogP contribution in [0.1, 0.15) is 68.1 Å². The summed E-state index contributed by atoms with van der Waals surface area (Å²) in [6.45, 7) is 6.24. The molecule has 39 heavy (non-hydrogen) atoms. The predicted molar refractivity (Wildman–Crippen MR) is 148 cm³/mol. The number of amides is 2. The second kappa shape index (κ2) is 15.1. The zero-order valence-corrected chi connectivity index (χ0v) is 22.8. The maximum atomic E-state index is 12.4. The topological polar surface area (TPSA) is 109 Å². The molecule has 2 fully saturated rings. The monoisotopic (exact) mass is 539 g/mol. The van der Waals surface area contributed by atoms with E-state index in [9.17, 15) is 14.7 Å². The highest BCUT2D eigenvalue weighted by atomic mass is 16.7. The summed E-state index contributed by atoms with van der Waals surface area (Å²) < 4.78 is 18.4. The summed E-state index contributed by atoms with van der Waals surface area (Å²) in [7, 11) is 0. The first-order chi connectivity index (χ1) is 19.0. The molecule has 0 spiro atoms. The predicted octanol–water partition coefficient (Wildman–Crippen LogP) is 3.69. The van der Waals surface area contributed by atoms with Crippen LogP contribution in [0.3, 0.4) is 0 Å². The number of hydrogen-bond acceptors (Lipinski definition) is 7. The molecule has 212 valence electrons. The normalized spacial score (nSPS) is 21.8. The Balaban J connectivity index is 1.34. The molecule has 0 radical (unpaired) electrons. The molecule has 4 rings (SSSR count). The van der Waals surface area contributed by atoms with Gasteiger partial charge < -0.3 is 30.0 Å². The van der Waals surface area contributed by atoms with E-state index in [1.54, 1.807) is 0 Å². The van der Waals surface area contributed by atoms with Crippen molar-refractivity contribution in [2.45, 2.75) is 64.1 Å². The summed E-state index contributed by atoms with van der Waals surface area (Å²) in [5, 5.41) is 15.1. The molecule has 3 N–H and O–H groups in total. The van der Waals surface area contributed by atoms with E-state index in [0.717, 1.165) is 80.9 Å². The molecule has 9 nitrogen and oxygen atoms in total. The van der Waals surface area contributed by atoms with E-state index in [1.165, 1.54) is 6.92 Å². The first-order valence-electron chi connectivity index (χ1n) is 13.9. The Morgan fingerprint density at radius 2 is 1.67 bits per heavy atom. The van der Waals surface area contributed by atoms with Crippen LogP contribution in [-0.2, 0) is 30.4 Å². The number of nitrogens with zero attached hydrogens (tertiary/aromatic N) is 1. The van der Waals surface area contributed by atoms with E-state index in [1.807, 2.05) is 48.5 Å². The van der Waals surface area contributed by atoms with Gasteiger partial charge in [-0.15, -0.1) is 0 Å². The van der Waals surface area contributed by atoms with Crippen LogP contribution in [0.5, 0.6) is 0 Å². The van der Waals surface area contributed by atoms with Gasteiger partial charge >= 0.3 is 0 Å². The number of aliphatic hydroxyl groups is 1. The highest BCUT2D eigenvalue weighted by Crippen LogP contribution is 2.38. The number of nitrogens with one attached hydrogen (secondary N) is 2. The van der Waals surface area contributed by atoms with Crippen molar-refractivity contribution in [3.05, 3.63) is 65.2 Å². The van der Waals surface area contributed by atoms with Gasteiger partial charge in [0.25, 0.3) is 0 Å². The zero-order chi connectivity index (χ0) is 27.5. The largest absolute Gasteiger partial charge is 0.392 e. The summed E-state index contributed by atoms with van der Waals surface area (Å²) in [5.74, 6) is -0.0514. The van der Waals surface area contributed by atoms with E-state index in [-0.39, 0.29) is 30.6 Å². The molecule has 3 atom stereocenters. The molecule has 0 bridgehead atoms. The van der Waals surface area contributed by atoms with Gasteiger partial charge in [-0.2, -0.15) is 0 Å². The number of hydrogen-bond donors (Lipinski definition) is 3. The molecule has 2 aromatic rings. The van der Waals surface area contributed by atoms with Crippen molar-refractivity contribution in [2.24, 2.45) is 0 Å². The smallest absolute Gasteiger partial charge is 0.224 e. The third-order valence-corrected chi connectivity index (χ3v) is 7.10. The van der Waals surface area contributed by atoms with Crippen LogP contribution in [0, 0.1) is 0 Å². The molecule has 2 saturated heterocycles. The van der Waals surface area contributed by atoms with Crippen molar-refractivity contribution >= 4 is 17.5 Å². The van der Waals surface area contributed by atoms with Crippen LogP contribution >= 0.6 is 0 Å². The van der Waals surface area contributed by atoms with Gasteiger partial charge in [0.15, 0.2) is 6.29 Å². The maximum absolute atomic E-state index is 12.4. The van der Waals surface area contributed by atoms with Gasteiger partial charge in [0.1, 0.15) is 0 Å². The Kier molecular flexibility index (Phi) is 11.3. The van der Waals surface area contributed by atoms with Gasteiger partial charge in [0, 0.05) is 57.2 Å². The van der Waals surface area contributed by atoms with Crippen molar-refractivity contribution in [2.75, 3.05) is 44.7 Å². The molecule has 2 aliphatic rings. The number of rotatable bonds is 12. The molecule has 0 saturated carbocycles. The summed E-state index contributed by atoms with van der Waals surface area (Å²) in [5.41, 5.74) is 3.57. The first-order valence-corrected chi connectivity index (χ1v) is 13.9. The minimum Gasteiger partial charge on any atom is -0.392 e. The quantitative estimate of drug-likeness (QED) is 0.353. The number of aliphatic hydroxyl groups excluding tert-OH is 1. The summed E-state index contributed by atoms with van der Waals surface area (Å²) in [6, 6.07) is 15.5. The summed E-state index contributed by atoms with van der Waals surface area (Å²) in [4.78, 5) is 25.6. The molecule has 2 aliphatic heterocycles. The van der Waals surface area contributed by atoms with Crippen molar-refractivity contribution < 1.29 is 28.9 Å². The molecular formula is C30H41N3O6. The number of unbranched alkanes of at least 4 members (excludes halogenated alkanes) is 2. The molecule has 9 heteroatoms. The number of anilines is 1. The van der Waals surface area contributed by atoms with Gasteiger partial charge in [0.05, 0.1) is 32.0 Å². The SMILES string of the molecule is CC(=O)NCCCCCC(=O)Nc1ccc([C@H]2O[C@@H](CN3CCOCC3)C[C@@H](c3ccc(CO)cc3)O2)cc1. The molecular weight excluding hydrogens is 498 g/mol. The van der Waals surface area contributed by atoms with Crippen molar-refractivity contribution in [1.29, 1.82) is 0 Å². The Morgan fingerprint density at radius 1 is 0.949 bits per heavy atom. The number of carbonyl (C=O) groups excluding carboxylic acids is 2. The van der Waals surface area contributed by atoms with E-state index in [0.29, 0.717) is 13.0 Å². The lowest BCUT2D eigenvalue weighted by Crippen LogP contribution is -2.44. The number of benzene rings is 2. The van der Waals surface area contributed by atoms with E-state index in [4.69, 9.17) is 14.2 Å². The molecule has 2 aromatic carbocycles. The first kappa shape index (κ1) is 29.2. The number of ether oxygens (including phenoxy) is 3.